The van der Waals surface area contributed by atoms with Crippen LogP contribution in [0.25, 0.3) is 0 Å². The highest BCUT2D eigenvalue weighted by Crippen LogP contribution is 2.27. The molecular weight excluding hydrogens is 346 g/mol. The van der Waals surface area contributed by atoms with E-state index in [1.165, 1.54) is 0 Å². The van der Waals surface area contributed by atoms with E-state index >= 15 is 0 Å². The first-order chi connectivity index (χ1) is 9.45. The van der Waals surface area contributed by atoms with E-state index in [0.29, 0.717) is 30.7 Å². The molecule has 6 heteroatoms. The average molecular weight is 361 g/mol. The van der Waals surface area contributed by atoms with Crippen LogP contribution in [0.4, 0.5) is 0 Å². The summed E-state index contributed by atoms with van der Waals surface area (Å²) in [5.41, 5.74) is 0.990. The van der Waals surface area contributed by atoms with Crippen molar-refractivity contribution in [3.05, 3.63) is 33.3 Å². The highest BCUT2D eigenvalue weighted by molar-refractivity contribution is 9.10. The lowest BCUT2D eigenvalue weighted by Crippen LogP contribution is -2.46. The van der Waals surface area contributed by atoms with Crippen LogP contribution in [0.3, 0.4) is 0 Å². The molecule has 0 heterocycles. The van der Waals surface area contributed by atoms with Crippen LogP contribution in [-0.4, -0.2) is 23.0 Å². The van der Waals surface area contributed by atoms with Crippen molar-refractivity contribution in [2.45, 2.75) is 31.7 Å². The zero-order valence-electron chi connectivity index (χ0n) is 10.7. The van der Waals surface area contributed by atoms with Gasteiger partial charge in [-0.1, -0.05) is 27.5 Å². The van der Waals surface area contributed by atoms with Crippen LogP contribution >= 0.6 is 27.5 Å². The van der Waals surface area contributed by atoms with Gasteiger partial charge in [-0.15, -0.1) is 0 Å². The number of hydrogen-bond donors (Lipinski definition) is 2. The fraction of sp³-hybridized carbons (Fsp3) is 0.429. The quantitative estimate of drug-likeness (QED) is 0.848. The fourth-order valence-corrected chi connectivity index (χ4v) is 2.86. The van der Waals surface area contributed by atoms with Gasteiger partial charge < -0.3 is 10.4 Å². The summed E-state index contributed by atoms with van der Waals surface area (Å²) >= 11 is 9.34. The third-order valence-corrected chi connectivity index (χ3v) is 4.49. The summed E-state index contributed by atoms with van der Waals surface area (Å²) < 4.78 is 0.935. The molecule has 0 unspecified atom stereocenters. The molecule has 0 spiro atoms. The van der Waals surface area contributed by atoms with Gasteiger partial charge in [0, 0.05) is 22.0 Å². The van der Waals surface area contributed by atoms with Gasteiger partial charge in [-0.05, 0) is 43.0 Å². The third-order valence-electron chi connectivity index (χ3n) is 3.48. The van der Waals surface area contributed by atoms with Crippen LogP contribution in [0.15, 0.2) is 22.7 Å². The van der Waals surface area contributed by atoms with Crippen molar-refractivity contribution < 1.29 is 14.7 Å². The lowest BCUT2D eigenvalue weighted by atomic mass is 9.80. The zero-order chi connectivity index (χ0) is 14.7. The molecule has 108 valence electrons. The predicted octanol–water partition coefficient (Wildman–Crippen LogP) is 3.01. The average Bonchev–Trinajstić information content (AvgIpc) is 2.34. The third kappa shape index (κ3) is 3.96. The normalized spacial score (nSPS) is 21.1. The second-order valence-electron chi connectivity index (χ2n) is 5.01. The molecule has 1 aromatic carbocycles. The highest BCUT2D eigenvalue weighted by atomic mass is 79.9. The molecule has 1 fully saturated rings. The zero-order valence-corrected chi connectivity index (χ0v) is 13.1. The molecule has 2 rings (SSSR count). The molecule has 4 nitrogen and oxygen atoms in total. The Kier molecular flexibility index (Phi) is 5.05. The summed E-state index contributed by atoms with van der Waals surface area (Å²) in [6.45, 7) is 0. The Hall–Kier alpha value is -1.07. The molecule has 0 aliphatic heterocycles. The van der Waals surface area contributed by atoms with Crippen LogP contribution in [0.1, 0.15) is 24.8 Å². The first kappa shape index (κ1) is 15.3. The smallest absolute Gasteiger partial charge is 0.306 e. The lowest BCUT2D eigenvalue weighted by Gasteiger charge is -2.32. The maximum Gasteiger partial charge on any atom is 0.306 e. The Labute approximate surface area is 130 Å². The Bertz CT molecular complexity index is 529. The summed E-state index contributed by atoms with van der Waals surface area (Å²) in [6.07, 6.45) is 2.03. The van der Waals surface area contributed by atoms with Crippen molar-refractivity contribution >= 4 is 39.4 Å². The summed E-state index contributed by atoms with van der Waals surface area (Å²) in [5.74, 6) is -1.13. The Morgan fingerprint density at radius 1 is 1.40 bits per heavy atom. The molecule has 1 amide bonds. The van der Waals surface area contributed by atoms with Gasteiger partial charge in [-0.2, -0.15) is 0 Å². The minimum absolute atomic E-state index is 0.00593. The number of aliphatic carboxylic acids is 1. The molecule has 2 N–H and O–H groups in total. The van der Waals surface area contributed by atoms with E-state index in [9.17, 15) is 9.59 Å². The monoisotopic (exact) mass is 359 g/mol. The first-order valence-electron chi connectivity index (χ1n) is 6.42. The fourth-order valence-electron chi connectivity index (χ4n) is 2.22. The minimum atomic E-state index is -0.779. The Morgan fingerprint density at radius 2 is 2.10 bits per heavy atom. The Balaban J connectivity index is 1.76. The topological polar surface area (TPSA) is 66.4 Å². The van der Waals surface area contributed by atoms with Gasteiger partial charge in [-0.3, -0.25) is 9.59 Å². The van der Waals surface area contributed by atoms with E-state index in [1.807, 2.05) is 12.1 Å². The molecule has 1 aliphatic carbocycles. The lowest BCUT2D eigenvalue weighted by molar-refractivity contribution is -0.146. The van der Waals surface area contributed by atoms with Gasteiger partial charge >= 0.3 is 5.97 Å². The summed E-state index contributed by atoms with van der Waals surface area (Å²) in [7, 11) is 0. The summed E-state index contributed by atoms with van der Waals surface area (Å²) in [5, 5.41) is 12.3. The second-order valence-corrected chi connectivity index (χ2v) is 6.30. The van der Waals surface area contributed by atoms with Crippen LogP contribution in [0.5, 0.6) is 0 Å². The number of amides is 1. The van der Waals surface area contributed by atoms with Crippen molar-refractivity contribution in [2.75, 3.05) is 0 Å². The number of carbonyl (C=O) groups excluding carboxylic acids is 1. The molecular formula is C14H15BrClNO3. The van der Waals surface area contributed by atoms with E-state index in [4.69, 9.17) is 16.7 Å². The van der Waals surface area contributed by atoms with Gasteiger partial charge in [0.1, 0.15) is 0 Å². The number of carboxylic acids is 1. The molecule has 0 bridgehead atoms. The van der Waals surface area contributed by atoms with Gasteiger partial charge in [0.05, 0.1) is 5.92 Å². The van der Waals surface area contributed by atoms with Gasteiger partial charge in [0.2, 0.25) is 5.91 Å². The summed E-state index contributed by atoms with van der Waals surface area (Å²) in [6, 6.07) is 5.49. The second kappa shape index (κ2) is 6.59. The Morgan fingerprint density at radius 3 is 2.75 bits per heavy atom. The maximum atomic E-state index is 11.8. The molecule has 0 radical (unpaired) electrons. The number of nitrogens with one attached hydrogen (secondary N) is 1. The number of carboxylic acid groups (broad SMARTS) is 1. The van der Waals surface area contributed by atoms with Crippen molar-refractivity contribution in [3.8, 4) is 0 Å². The number of aryl methyl sites for hydroxylation is 1. The van der Waals surface area contributed by atoms with Crippen molar-refractivity contribution in [2.24, 2.45) is 5.92 Å². The van der Waals surface area contributed by atoms with Gasteiger partial charge in [0.15, 0.2) is 0 Å². The molecule has 1 aromatic rings. The van der Waals surface area contributed by atoms with E-state index in [1.54, 1.807) is 6.07 Å². The summed E-state index contributed by atoms with van der Waals surface area (Å²) in [4.78, 5) is 22.4. The van der Waals surface area contributed by atoms with E-state index in [2.05, 4.69) is 21.2 Å². The largest absolute Gasteiger partial charge is 0.481 e. The van der Waals surface area contributed by atoms with E-state index in [-0.39, 0.29) is 17.9 Å². The minimum Gasteiger partial charge on any atom is -0.481 e. The highest BCUT2D eigenvalue weighted by Gasteiger charge is 2.35. The molecule has 0 aromatic heterocycles. The molecule has 0 atom stereocenters. The van der Waals surface area contributed by atoms with Crippen molar-refractivity contribution in [1.29, 1.82) is 0 Å². The number of benzene rings is 1. The number of hydrogen-bond acceptors (Lipinski definition) is 2. The maximum absolute atomic E-state index is 11.8. The van der Waals surface area contributed by atoms with Crippen LogP contribution in [0.2, 0.25) is 5.02 Å². The van der Waals surface area contributed by atoms with Crippen LogP contribution in [0, 0.1) is 5.92 Å². The number of halogens is 2. The molecule has 1 aliphatic rings. The van der Waals surface area contributed by atoms with Crippen LogP contribution in [-0.2, 0) is 16.0 Å². The number of rotatable bonds is 5. The van der Waals surface area contributed by atoms with Gasteiger partial charge in [0.25, 0.3) is 0 Å². The predicted molar refractivity (Wildman–Crippen MR) is 79.8 cm³/mol. The van der Waals surface area contributed by atoms with E-state index in [0.717, 1.165) is 10.0 Å². The molecule has 20 heavy (non-hydrogen) atoms. The SMILES string of the molecule is O=C(CCc1cc(Cl)ccc1Br)NC1CC(C(=O)O)C1. The standard InChI is InChI=1S/C14H15BrClNO3/c15-12-3-2-10(16)5-8(12)1-4-13(18)17-11-6-9(7-11)14(19)20/h2-3,5,9,11H,1,4,6-7H2,(H,17,18)(H,19,20). The van der Waals surface area contributed by atoms with Crippen LogP contribution < -0.4 is 5.32 Å². The molecule has 1 saturated carbocycles. The van der Waals surface area contributed by atoms with Gasteiger partial charge in [-0.25, -0.2) is 0 Å². The van der Waals surface area contributed by atoms with Crippen molar-refractivity contribution in [1.82, 2.24) is 5.32 Å². The van der Waals surface area contributed by atoms with Crippen molar-refractivity contribution in [3.63, 3.8) is 0 Å². The molecule has 0 saturated heterocycles. The number of carbonyl (C=O) groups is 2. The first-order valence-corrected chi connectivity index (χ1v) is 7.59. The van der Waals surface area contributed by atoms with E-state index < -0.39 is 5.97 Å².